The van der Waals surface area contributed by atoms with Crippen LogP contribution in [0.15, 0.2) is 47.6 Å². The standard InChI is InChI=1S/C18H18N4O3S/c1-3-21-15-7-5-4-6-14(15)20-18(21)26-11-17(23)19-13-9-8-12(2)16(10-13)22(24)25/h4-10H,3,11H2,1-2H3,(H,19,23). The fraction of sp³-hybridized carbons (Fsp3) is 0.222. The lowest BCUT2D eigenvalue weighted by atomic mass is 10.2. The van der Waals surface area contributed by atoms with E-state index in [-0.39, 0.29) is 17.3 Å². The topological polar surface area (TPSA) is 90.1 Å². The van der Waals surface area contributed by atoms with Crippen molar-refractivity contribution in [2.45, 2.75) is 25.5 Å². The number of imidazole rings is 1. The quantitative estimate of drug-likeness (QED) is 0.402. The number of amides is 1. The molecule has 0 saturated carbocycles. The van der Waals surface area contributed by atoms with E-state index in [1.54, 1.807) is 19.1 Å². The maximum absolute atomic E-state index is 12.2. The lowest BCUT2D eigenvalue weighted by Gasteiger charge is -2.07. The summed E-state index contributed by atoms with van der Waals surface area (Å²) in [5.41, 5.74) is 2.89. The molecule has 1 aromatic heterocycles. The number of hydrogen-bond acceptors (Lipinski definition) is 5. The summed E-state index contributed by atoms with van der Waals surface area (Å²) < 4.78 is 2.06. The smallest absolute Gasteiger partial charge is 0.274 e. The van der Waals surface area contributed by atoms with E-state index in [9.17, 15) is 14.9 Å². The first-order chi connectivity index (χ1) is 12.5. The second-order valence-electron chi connectivity index (χ2n) is 5.72. The van der Waals surface area contributed by atoms with Crippen LogP contribution in [-0.4, -0.2) is 26.1 Å². The number of nitro groups is 1. The average Bonchev–Trinajstić information content (AvgIpc) is 2.99. The van der Waals surface area contributed by atoms with Crippen LogP contribution in [0.2, 0.25) is 0 Å². The Kier molecular flexibility index (Phi) is 5.22. The highest BCUT2D eigenvalue weighted by Crippen LogP contribution is 2.25. The van der Waals surface area contributed by atoms with Crippen LogP contribution in [0.4, 0.5) is 11.4 Å². The number of aromatic nitrogens is 2. The summed E-state index contributed by atoms with van der Waals surface area (Å²) in [5, 5.41) is 14.5. The van der Waals surface area contributed by atoms with E-state index < -0.39 is 4.92 Å². The largest absolute Gasteiger partial charge is 0.325 e. The number of fused-ring (bicyclic) bond motifs is 1. The summed E-state index contributed by atoms with van der Waals surface area (Å²) >= 11 is 1.34. The summed E-state index contributed by atoms with van der Waals surface area (Å²) in [6.45, 7) is 4.45. The van der Waals surface area contributed by atoms with Crippen molar-refractivity contribution in [3.8, 4) is 0 Å². The van der Waals surface area contributed by atoms with Crippen molar-refractivity contribution in [1.29, 1.82) is 0 Å². The maximum atomic E-state index is 12.2. The zero-order valence-electron chi connectivity index (χ0n) is 14.4. The van der Waals surface area contributed by atoms with Gasteiger partial charge < -0.3 is 9.88 Å². The third-order valence-electron chi connectivity index (χ3n) is 3.96. The highest BCUT2D eigenvalue weighted by Gasteiger charge is 2.14. The second kappa shape index (κ2) is 7.57. The molecule has 2 aromatic carbocycles. The van der Waals surface area contributed by atoms with Crippen molar-refractivity contribution in [1.82, 2.24) is 9.55 Å². The van der Waals surface area contributed by atoms with Crippen LogP contribution >= 0.6 is 11.8 Å². The molecule has 1 N–H and O–H groups in total. The number of rotatable bonds is 6. The summed E-state index contributed by atoms with van der Waals surface area (Å²) in [4.78, 5) is 27.3. The number of carbonyl (C=O) groups excluding carboxylic acids is 1. The molecular weight excluding hydrogens is 352 g/mol. The van der Waals surface area contributed by atoms with Crippen LogP contribution in [0.3, 0.4) is 0 Å². The summed E-state index contributed by atoms with van der Waals surface area (Å²) in [7, 11) is 0. The molecule has 7 nitrogen and oxygen atoms in total. The van der Waals surface area contributed by atoms with Crippen LogP contribution in [0, 0.1) is 17.0 Å². The Morgan fingerprint density at radius 3 is 2.81 bits per heavy atom. The average molecular weight is 370 g/mol. The van der Waals surface area contributed by atoms with E-state index in [1.165, 1.54) is 17.8 Å². The van der Waals surface area contributed by atoms with E-state index in [2.05, 4.69) is 14.9 Å². The van der Waals surface area contributed by atoms with Crippen molar-refractivity contribution >= 4 is 40.1 Å². The molecule has 0 unspecified atom stereocenters. The van der Waals surface area contributed by atoms with Gasteiger partial charge in [0.25, 0.3) is 5.69 Å². The van der Waals surface area contributed by atoms with Crippen molar-refractivity contribution in [2.24, 2.45) is 0 Å². The van der Waals surface area contributed by atoms with E-state index >= 15 is 0 Å². The molecule has 3 aromatic rings. The normalized spacial score (nSPS) is 10.8. The summed E-state index contributed by atoms with van der Waals surface area (Å²) in [6.07, 6.45) is 0. The number of nitro benzene ring substituents is 1. The third-order valence-corrected chi connectivity index (χ3v) is 4.93. The maximum Gasteiger partial charge on any atom is 0.274 e. The monoisotopic (exact) mass is 370 g/mol. The van der Waals surface area contributed by atoms with Crippen LogP contribution in [0.25, 0.3) is 11.0 Å². The first-order valence-corrected chi connectivity index (χ1v) is 9.11. The highest BCUT2D eigenvalue weighted by atomic mass is 32.2. The van der Waals surface area contributed by atoms with Crippen LogP contribution in [0.1, 0.15) is 12.5 Å². The number of anilines is 1. The summed E-state index contributed by atoms with van der Waals surface area (Å²) in [5.74, 6) is -0.0618. The van der Waals surface area contributed by atoms with Crippen LogP contribution < -0.4 is 5.32 Å². The minimum absolute atomic E-state index is 0.0109. The zero-order chi connectivity index (χ0) is 18.7. The van der Waals surface area contributed by atoms with Gasteiger partial charge in [0.05, 0.1) is 21.7 Å². The highest BCUT2D eigenvalue weighted by molar-refractivity contribution is 7.99. The lowest BCUT2D eigenvalue weighted by Crippen LogP contribution is -2.14. The SMILES string of the molecule is CCn1c(SCC(=O)Nc2ccc(C)c([N+](=O)[O-])c2)nc2ccccc21. The molecule has 0 bridgehead atoms. The number of aryl methyl sites for hydroxylation is 2. The zero-order valence-corrected chi connectivity index (χ0v) is 15.2. The Bertz CT molecular complexity index is 984. The van der Waals surface area contributed by atoms with Gasteiger partial charge in [-0.2, -0.15) is 0 Å². The molecule has 0 spiro atoms. The van der Waals surface area contributed by atoms with Crippen molar-refractivity contribution in [3.63, 3.8) is 0 Å². The van der Waals surface area contributed by atoms with E-state index in [1.807, 2.05) is 31.2 Å². The number of hydrogen-bond donors (Lipinski definition) is 1. The molecule has 0 aliphatic heterocycles. The Morgan fingerprint density at radius 1 is 1.31 bits per heavy atom. The second-order valence-corrected chi connectivity index (χ2v) is 6.67. The minimum Gasteiger partial charge on any atom is -0.325 e. The van der Waals surface area contributed by atoms with Crippen molar-refractivity contribution in [2.75, 3.05) is 11.1 Å². The molecular formula is C18H18N4O3S. The first-order valence-electron chi connectivity index (χ1n) is 8.12. The third kappa shape index (κ3) is 3.70. The van der Waals surface area contributed by atoms with Gasteiger partial charge in [0, 0.05) is 23.9 Å². The molecule has 8 heteroatoms. The van der Waals surface area contributed by atoms with Gasteiger partial charge in [-0.1, -0.05) is 30.0 Å². The van der Waals surface area contributed by atoms with E-state index in [0.29, 0.717) is 11.3 Å². The first kappa shape index (κ1) is 17.9. The Hall–Kier alpha value is -2.87. The van der Waals surface area contributed by atoms with Gasteiger partial charge in [-0.25, -0.2) is 4.98 Å². The molecule has 26 heavy (non-hydrogen) atoms. The number of nitrogens with zero attached hydrogens (tertiary/aromatic N) is 3. The van der Waals surface area contributed by atoms with Gasteiger partial charge in [0.2, 0.25) is 5.91 Å². The molecule has 3 rings (SSSR count). The number of para-hydroxylation sites is 2. The van der Waals surface area contributed by atoms with E-state index in [0.717, 1.165) is 22.7 Å². The van der Waals surface area contributed by atoms with E-state index in [4.69, 9.17) is 0 Å². The number of benzene rings is 2. The Balaban J connectivity index is 1.70. The van der Waals surface area contributed by atoms with Gasteiger partial charge >= 0.3 is 0 Å². The number of nitrogens with one attached hydrogen (secondary N) is 1. The van der Waals surface area contributed by atoms with Gasteiger partial charge in [-0.3, -0.25) is 14.9 Å². The van der Waals surface area contributed by atoms with Gasteiger partial charge in [-0.15, -0.1) is 0 Å². The van der Waals surface area contributed by atoms with Crippen molar-refractivity contribution < 1.29 is 9.72 Å². The molecule has 1 amide bonds. The minimum atomic E-state index is -0.455. The predicted octanol–water partition coefficient (Wildman–Crippen LogP) is 4.00. The molecule has 0 aliphatic carbocycles. The number of thioether (sulfide) groups is 1. The van der Waals surface area contributed by atoms with Crippen molar-refractivity contribution in [3.05, 3.63) is 58.1 Å². The molecule has 1 heterocycles. The van der Waals surface area contributed by atoms with Gasteiger partial charge in [-0.05, 0) is 32.0 Å². The number of carbonyl (C=O) groups is 1. The lowest BCUT2D eigenvalue weighted by molar-refractivity contribution is -0.385. The molecule has 0 aliphatic rings. The fourth-order valence-corrected chi connectivity index (χ4v) is 3.56. The predicted molar refractivity (Wildman–Crippen MR) is 103 cm³/mol. The molecule has 0 atom stereocenters. The summed E-state index contributed by atoms with van der Waals surface area (Å²) in [6, 6.07) is 12.5. The molecule has 0 fully saturated rings. The Labute approximate surface area is 154 Å². The molecule has 134 valence electrons. The van der Waals surface area contributed by atoms with Gasteiger partial charge in [0.1, 0.15) is 0 Å². The fourth-order valence-electron chi connectivity index (χ4n) is 2.68. The molecule has 0 radical (unpaired) electrons. The van der Waals surface area contributed by atoms with Crippen LogP contribution in [0.5, 0.6) is 0 Å². The van der Waals surface area contributed by atoms with Crippen LogP contribution in [-0.2, 0) is 11.3 Å². The Morgan fingerprint density at radius 2 is 2.08 bits per heavy atom. The molecule has 0 saturated heterocycles. The van der Waals surface area contributed by atoms with Gasteiger partial charge in [0.15, 0.2) is 5.16 Å².